The Morgan fingerprint density at radius 1 is 1.15 bits per heavy atom. The van der Waals surface area contributed by atoms with Gasteiger partial charge < -0.3 is 15.0 Å². The van der Waals surface area contributed by atoms with Crippen molar-refractivity contribution in [3.8, 4) is 17.0 Å². The molecule has 0 radical (unpaired) electrons. The second kappa shape index (κ2) is 7.15. The molecule has 0 unspecified atom stereocenters. The highest BCUT2D eigenvalue weighted by Crippen LogP contribution is 2.38. The van der Waals surface area contributed by atoms with E-state index in [-0.39, 0.29) is 0 Å². The van der Waals surface area contributed by atoms with Gasteiger partial charge in [-0.2, -0.15) is 0 Å². The number of aryl methyl sites for hydroxylation is 1. The molecule has 0 fully saturated rings. The van der Waals surface area contributed by atoms with Gasteiger partial charge in [-0.3, -0.25) is 4.72 Å². The lowest BCUT2D eigenvalue weighted by Gasteiger charge is -2.12. The highest BCUT2D eigenvalue weighted by atomic mass is 32.2. The third-order valence-electron chi connectivity index (χ3n) is 4.67. The molecule has 0 saturated carbocycles. The van der Waals surface area contributed by atoms with Crippen molar-refractivity contribution in [3.05, 3.63) is 42.5 Å². The van der Waals surface area contributed by atoms with Crippen molar-refractivity contribution in [1.29, 1.82) is 0 Å². The molecule has 0 amide bonds. The van der Waals surface area contributed by atoms with E-state index < -0.39 is 15.3 Å². The van der Waals surface area contributed by atoms with Crippen LogP contribution in [0.3, 0.4) is 0 Å². The number of ether oxygens (including phenoxy) is 1. The van der Waals surface area contributed by atoms with E-state index in [1.165, 1.54) is 0 Å². The zero-order valence-corrected chi connectivity index (χ0v) is 16.8. The Morgan fingerprint density at radius 2 is 1.81 bits per heavy atom. The normalized spacial score (nSPS) is 11.9. The number of anilines is 2. The quantitative estimate of drug-likeness (QED) is 0.667. The molecule has 144 valence electrons. The van der Waals surface area contributed by atoms with Crippen LogP contribution in [-0.2, 0) is 16.6 Å². The molecule has 0 bridgehead atoms. The van der Waals surface area contributed by atoms with E-state index in [4.69, 9.17) is 10.5 Å². The lowest BCUT2D eigenvalue weighted by atomic mass is 10.1. The lowest BCUT2D eigenvalue weighted by molar-refractivity contribution is 0.415. The van der Waals surface area contributed by atoms with E-state index in [1.807, 2.05) is 30.3 Å². The number of fused-ring (bicyclic) bond motifs is 1. The molecule has 1 heterocycles. The third-order valence-corrected chi connectivity index (χ3v) is 6.43. The van der Waals surface area contributed by atoms with Crippen LogP contribution in [0.2, 0.25) is 0 Å². The largest absolute Gasteiger partial charge is 0.497 e. The van der Waals surface area contributed by atoms with Gasteiger partial charge in [0.1, 0.15) is 5.75 Å². The van der Waals surface area contributed by atoms with Crippen LogP contribution in [0.25, 0.3) is 22.2 Å². The van der Waals surface area contributed by atoms with Crippen molar-refractivity contribution in [1.82, 2.24) is 4.57 Å². The summed E-state index contributed by atoms with van der Waals surface area (Å²) in [5.41, 5.74) is 10.5. The van der Waals surface area contributed by atoms with Crippen molar-refractivity contribution in [3.63, 3.8) is 0 Å². The van der Waals surface area contributed by atoms with E-state index in [0.717, 1.165) is 34.5 Å². The molecule has 0 saturated heterocycles. The summed E-state index contributed by atoms with van der Waals surface area (Å²) in [4.78, 5) is 0. The molecule has 27 heavy (non-hydrogen) atoms. The summed E-state index contributed by atoms with van der Waals surface area (Å²) in [5, 5.41) is 0.475. The average Bonchev–Trinajstić information content (AvgIpc) is 2.93. The standard InChI is InChI=1S/C20H25N3O3S/c1-5-23-18-12-16(26-4)10-11-17(18)19(21)20(23)14-6-8-15(9-7-14)22-27(24,25)13(2)3/h6-13,22H,5,21H2,1-4H3. The third kappa shape index (κ3) is 3.47. The first-order chi connectivity index (χ1) is 12.8. The maximum absolute atomic E-state index is 12.0. The number of benzene rings is 2. The molecule has 0 aliphatic rings. The van der Waals surface area contributed by atoms with Crippen LogP contribution in [0, 0.1) is 0 Å². The molecule has 0 spiro atoms. The Balaban J connectivity index is 2.06. The maximum Gasteiger partial charge on any atom is 0.235 e. The minimum atomic E-state index is -3.37. The van der Waals surface area contributed by atoms with Crippen molar-refractivity contribution in [2.24, 2.45) is 0 Å². The zero-order valence-electron chi connectivity index (χ0n) is 16.0. The Morgan fingerprint density at radius 3 is 2.37 bits per heavy atom. The van der Waals surface area contributed by atoms with Gasteiger partial charge in [0.2, 0.25) is 10.0 Å². The molecule has 2 aromatic carbocycles. The van der Waals surface area contributed by atoms with Crippen LogP contribution >= 0.6 is 0 Å². The highest BCUT2D eigenvalue weighted by Gasteiger charge is 2.18. The molecule has 0 aliphatic heterocycles. The summed E-state index contributed by atoms with van der Waals surface area (Å²) >= 11 is 0. The van der Waals surface area contributed by atoms with Gasteiger partial charge in [-0.05, 0) is 45.0 Å². The number of aromatic nitrogens is 1. The molecule has 3 N–H and O–H groups in total. The van der Waals surface area contributed by atoms with E-state index in [9.17, 15) is 8.42 Å². The second-order valence-electron chi connectivity index (χ2n) is 6.66. The Kier molecular flexibility index (Phi) is 5.06. The van der Waals surface area contributed by atoms with Gasteiger partial charge in [0.25, 0.3) is 0 Å². The summed E-state index contributed by atoms with van der Waals surface area (Å²) in [6.07, 6.45) is 0. The van der Waals surface area contributed by atoms with Crippen molar-refractivity contribution in [2.75, 3.05) is 17.6 Å². The molecule has 3 aromatic rings. The molecule has 0 atom stereocenters. The number of hydrogen-bond donors (Lipinski definition) is 2. The molecule has 3 rings (SSSR count). The van der Waals surface area contributed by atoms with Crippen LogP contribution in [0.5, 0.6) is 5.75 Å². The predicted octanol–water partition coefficient (Wildman–Crippen LogP) is 4.07. The van der Waals surface area contributed by atoms with Crippen molar-refractivity contribution < 1.29 is 13.2 Å². The molecule has 0 aliphatic carbocycles. The van der Waals surface area contributed by atoms with E-state index in [1.54, 1.807) is 33.1 Å². The lowest BCUT2D eigenvalue weighted by Crippen LogP contribution is -2.22. The monoisotopic (exact) mass is 387 g/mol. The van der Waals surface area contributed by atoms with Gasteiger partial charge >= 0.3 is 0 Å². The Labute approximate surface area is 160 Å². The summed E-state index contributed by atoms with van der Waals surface area (Å²) in [6.45, 7) is 6.10. The Bertz CT molecular complexity index is 1070. The SMILES string of the molecule is CCn1c(-c2ccc(NS(=O)(=O)C(C)C)cc2)c(N)c2ccc(OC)cc21. The molecule has 6 nitrogen and oxygen atoms in total. The van der Waals surface area contributed by atoms with E-state index >= 15 is 0 Å². The molecule has 1 aromatic heterocycles. The number of nitrogens with zero attached hydrogens (tertiary/aromatic N) is 1. The molecule has 7 heteroatoms. The van der Waals surface area contributed by atoms with Gasteiger partial charge in [0, 0.05) is 29.2 Å². The summed E-state index contributed by atoms with van der Waals surface area (Å²) < 4.78 is 34.2. The summed E-state index contributed by atoms with van der Waals surface area (Å²) in [5.74, 6) is 0.777. The van der Waals surface area contributed by atoms with Crippen LogP contribution in [-0.4, -0.2) is 25.3 Å². The van der Waals surface area contributed by atoms with Gasteiger partial charge in [-0.15, -0.1) is 0 Å². The van der Waals surface area contributed by atoms with Crippen molar-refractivity contribution >= 4 is 32.3 Å². The molecular formula is C20H25N3O3S. The average molecular weight is 388 g/mol. The fraction of sp³-hybridized carbons (Fsp3) is 0.300. The summed E-state index contributed by atoms with van der Waals surface area (Å²) in [7, 11) is -1.73. The van der Waals surface area contributed by atoms with Crippen molar-refractivity contribution in [2.45, 2.75) is 32.6 Å². The van der Waals surface area contributed by atoms with Crippen LogP contribution in [0.1, 0.15) is 20.8 Å². The van der Waals surface area contributed by atoms with Gasteiger partial charge in [-0.1, -0.05) is 12.1 Å². The van der Waals surface area contributed by atoms with Crippen LogP contribution < -0.4 is 15.2 Å². The minimum absolute atomic E-state index is 0.495. The zero-order chi connectivity index (χ0) is 19.8. The first-order valence-electron chi connectivity index (χ1n) is 8.86. The first-order valence-corrected chi connectivity index (χ1v) is 10.4. The van der Waals surface area contributed by atoms with E-state index in [2.05, 4.69) is 16.2 Å². The number of nitrogens with two attached hydrogens (primary N) is 1. The number of methoxy groups -OCH3 is 1. The fourth-order valence-electron chi connectivity index (χ4n) is 3.10. The number of rotatable bonds is 6. The predicted molar refractivity (Wildman–Crippen MR) is 112 cm³/mol. The fourth-order valence-corrected chi connectivity index (χ4v) is 3.80. The maximum atomic E-state index is 12.0. The topological polar surface area (TPSA) is 86.4 Å². The first kappa shape index (κ1) is 19.1. The van der Waals surface area contributed by atoms with Gasteiger partial charge in [0.15, 0.2) is 0 Å². The molecular weight excluding hydrogens is 362 g/mol. The second-order valence-corrected chi connectivity index (χ2v) is 8.90. The van der Waals surface area contributed by atoms with E-state index in [0.29, 0.717) is 11.4 Å². The minimum Gasteiger partial charge on any atom is -0.497 e. The smallest absolute Gasteiger partial charge is 0.235 e. The highest BCUT2D eigenvalue weighted by molar-refractivity contribution is 7.93. The number of hydrogen-bond acceptors (Lipinski definition) is 4. The number of nitrogen functional groups attached to an aromatic ring is 1. The van der Waals surface area contributed by atoms with Gasteiger partial charge in [0.05, 0.1) is 29.3 Å². The summed E-state index contributed by atoms with van der Waals surface area (Å²) in [6, 6.07) is 13.1. The number of nitrogens with one attached hydrogen (secondary N) is 1. The Hall–Kier alpha value is -2.67. The van der Waals surface area contributed by atoms with Crippen LogP contribution in [0.4, 0.5) is 11.4 Å². The number of sulfonamides is 1. The van der Waals surface area contributed by atoms with Gasteiger partial charge in [-0.25, -0.2) is 8.42 Å². The van der Waals surface area contributed by atoms with Crippen LogP contribution in [0.15, 0.2) is 42.5 Å².